The third-order valence-electron chi connectivity index (χ3n) is 2.35. The lowest BCUT2D eigenvalue weighted by Crippen LogP contribution is -2.10. The van der Waals surface area contributed by atoms with E-state index >= 15 is 0 Å². The molecule has 0 radical (unpaired) electrons. The summed E-state index contributed by atoms with van der Waals surface area (Å²) < 4.78 is 4.78. The van der Waals surface area contributed by atoms with E-state index in [2.05, 4.69) is 6.92 Å². The molecule has 104 valence electrons. The molecule has 0 saturated heterocycles. The van der Waals surface area contributed by atoms with Crippen molar-refractivity contribution in [3.63, 3.8) is 0 Å². The molecule has 0 aromatic heterocycles. The second-order valence-corrected chi connectivity index (χ2v) is 5.07. The summed E-state index contributed by atoms with van der Waals surface area (Å²) >= 11 is 10.6. The summed E-state index contributed by atoms with van der Waals surface area (Å²) in [6.07, 6.45) is 7.45. The molecule has 0 N–H and O–H groups in total. The molecule has 0 aromatic rings. The quantitative estimate of drug-likeness (QED) is 0.263. The molecule has 0 amide bonds. The first-order chi connectivity index (χ1) is 8.56. The van der Waals surface area contributed by atoms with Crippen LogP contribution < -0.4 is 0 Å². The van der Waals surface area contributed by atoms with Gasteiger partial charge < -0.3 is 4.74 Å². The van der Waals surface area contributed by atoms with E-state index in [-0.39, 0.29) is 10.9 Å². The van der Waals surface area contributed by atoms with Crippen molar-refractivity contribution in [1.29, 1.82) is 0 Å². The largest absolute Gasteiger partial charge is 0.465 e. The first-order valence-corrected chi connectivity index (χ1v) is 7.03. The summed E-state index contributed by atoms with van der Waals surface area (Å²) in [4.78, 5) is 22.3. The molecule has 0 unspecified atom stereocenters. The van der Waals surface area contributed by atoms with Crippen LogP contribution in [0.5, 0.6) is 0 Å². The Hall–Kier alpha value is -0.540. The van der Waals surface area contributed by atoms with Crippen molar-refractivity contribution in [3.8, 4) is 0 Å². The lowest BCUT2D eigenvalue weighted by molar-refractivity contribution is -0.145. The zero-order valence-electron chi connectivity index (χ0n) is 10.7. The summed E-state index contributed by atoms with van der Waals surface area (Å²) in [5, 5.41) is 0. The van der Waals surface area contributed by atoms with E-state index in [0.29, 0.717) is 6.61 Å². The van der Waals surface area contributed by atoms with Gasteiger partial charge >= 0.3 is 5.97 Å². The van der Waals surface area contributed by atoms with Crippen molar-refractivity contribution >= 4 is 35.0 Å². The van der Waals surface area contributed by atoms with E-state index in [9.17, 15) is 9.59 Å². The first kappa shape index (κ1) is 17.5. The zero-order valence-corrected chi connectivity index (χ0v) is 12.2. The van der Waals surface area contributed by atoms with E-state index in [1.807, 2.05) is 0 Å². The van der Waals surface area contributed by atoms with Gasteiger partial charge in [-0.3, -0.25) is 9.59 Å². The fraction of sp³-hybridized carbons (Fsp3) is 0.692. The van der Waals surface area contributed by atoms with E-state index < -0.39 is 11.8 Å². The molecule has 0 aliphatic rings. The zero-order chi connectivity index (χ0) is 13.8. The highest BCUT2D eigenvalue weighted by Gasteiger charge is 2.08. The Morgan fingerprint density at radius 3 is 2.28 bits per heavy atom. The molecule has 0 aliphatic carbocycles. The van der Waals surface area contributed by atoms with Crippen molar-refractivity contribution < 1.29 is 14.3 Å². The third kappa shape index (κ3) is 11.9. The van der Waals surface area contributed by atoms with Crippen molar-refractivity contribution in [1.82, 2.24) is 0 Å². The minimum absolute atomic E-state index is 0.149. The maximum Gasteiger partial charge on any atom is 0.313 e. The molecular formula is C13H20Cl2O3. The Kier molecular flexibility index (Phi) is 11.2. The molecule has 0 atom stereocenters. The summed E-state index contributed by atoms with van der Waals surface area (Å²) in [6, 6.07) is 0. The van der Waals surface area contributed by atoms with Crippen LogP contribution in [0.4, 0.5) is 0 Å². The van der Waals surface area contributed by atoms with Crippen molar-refractivity contribution in [2.24, 2.45) is 0 Å². The molecule has 0 fully saturated rings. The van der Waals surface area contributed by atoms with Crippen LogP contribution in [-0.4, -0.2) is 18.4 Å². The standard InChI is InChI=1S/C13H20Cl2O3/c1-2-3-4-5-6-7-8-18-13(17)10-11(16)9-12(14)15/h9H,2-8,10H2,1H3. The van der Waals surface area contributed by atoms with Crippen LogP contribution in [0.15, 0.2) is 10.6 Å². The Bertz CT molecular complexity index is 284. The van der Waals surface area contributed by atoms with Crippen LogP contribution in [0.25, 0.3) is 0 Å². The van der Waals surface area contributed by atoms with Gasteiger partial charge in [-0.15, -0.1) is 0 Å². The van der Waals surface area contributed by atoms with Crippen molar-refractivity contribution in [2.75, 3.05) is 6.61 Å². The lowest BCUT2D eigenvalue weighted by atomic mass is 10.1. The highest BCUT2D eigenvalue weighted by atomic mass is 35.5. The average Bonchev–Trinajstić information content (AvgIpc) is 2.26. The number of hydrogen-bond donors (Lipinski definition) is 0. The second kappa shape index (κ2) is 11.5. The van der Waals surface area contributed by atoms with Crippen LogP contribution in [0.2, 0.25) is 0 Å². The summed E-state index contributed by atoms with van der Waals surface area (Å²) in [7, 11) is 0. The molecule has 18 heavy (non-hydrogen) atoms. The predicted molar refractivity (Wildman–Crippen MR) is 73.7 cm³/mol. The van der Waals surface area contributed by atoms with Crippen LogP contribution in [-0.2, 0) is 14.3 Å². The Morgan fingerprint density at radius 2 is 1.67 bits per heavy atom. The normalized spacial score (nSPS) is 9.94. The van der Waals surface area contributed by atoms with E-state index in [1.54, 1.807) is 0 Å². The number of halogens is 2. The molecule has 0 saturated carbocycles. The smallest absolute Gasteiger partial charge is 0.313 e. The fourth-order valence-electron chi connectivity index (χ4n) is 1.43. The maximum atomic E-state index is 11.2. The summed E-state index contributed by atoms with van der Waals surface area (Å²) in [5.74, 6) is -0.970. The third-order valence-corrected chi connectivity index (χ3v) is 2.57. The number of allylic oxidation sites excluding steroid dienone is 1. The number of carbonyl (C=O) groups excluding carboxylic acids is 2. The van der Waals surface area contributed by atoms with Gasteiger partial charge in [0.15, 0.2) is 5.78 Å². The van der Waals surface area contributed by atoms with Crippen LogP contribution >= 0.6 is 23.2 Å². The number of unbranched alkanes of at least 4 members (excludes halogenated alkanes) is 5. The molecule has 3 nitrogen and oxygen atoms in total. The van der Waals surface area contributed by atoms with Gasteiger partial charge in [0, 0.05) is 6.08 Å². The maximum absolute atomic E-state index is 11.2. The molecule has 5 heteroatoms. The highest BCUT2D eigenvalue weighted by Crippen LogP contribution is 2.08. The molecule has 0 bridgehead atoms. The minimum atomic E-state index is -0.528. The first-order valence-electron chi connectivity index (χ1n) is 6.27. The van der Waals surface area contributed by atoms with Crippen LogP contribution in [0.3, 0.4) is 0 Å². The van der Waals surface area contributed by atoms with Crippen LogP contribution in [0.1, 0.15) is 51.9 Å². The van der Waals surface area contributed by atoms with Gasteiger partial charge in [0.05, 0.1) is 6.61 Å². The second-order valence-electron chi connectivity index (χ2n) is 4.07. The highest BCUT2D eigenvalue weighted by molar-refractivity contribution is 6.56. The van der Waals surface area contributed by atoms with Gasteiger partial charge in [-0.1, -0.05) is 62.2 Å². The Labute approximate surface area is 118 Å². The van der Waals surface area contributed by atoms with Gasteiger partial charge in [-0.25, -0.2) is 0 Å². The van der Waals surface area contributed by atoms with Crippen molar-refractivity contribution in [2.45, 2.75) is 51.9 Å². The minimum Gasteiger partial charge on any atom is -0.465 e. The Balaban J connectivity index is 3.48. The van der Waals surface area contributed by atoms with E-state index in [1.165, 1.54) is 19.3 Å². The molecule has 0 rings (SSSR count). The summed E-state index contributed by atoms with van der Waals surface area (Å²) in [5.41, 5.74) is 0. The molecular weight excluding hydrogens is 275 g/mol. The topological polar surface area (TPSA) is 43.4 Å². The van der Waals surface area contributed by atoms with Crippen LogP contribution in [0, 0.1) is 0 Å². The number of ether oxygens (including phenoxy) is 1. The fourth-order valence-corrected chi connectivity index (χ4v) is 1.68. The van der Waals surface area contributed by atoms with Gasteiger partial charge in [-0.05, 0) is 6.42 Å². The number of hydrogen-bond acceptors (Lipinski definition) is 3. The van der Waals surface area contributed by atoms with Gasteiger partial charge in [0.25, 0.3) is 0 Å². The van der Waals surface area contributed by atoms with Crippen molar-refractivity contribution in [3.05, 3.63) is 10.6 Å². The van der Waals surface area contributed by atoms with E-state index in [0.717, 1.165) is 25.3 Å². The molecule has 0 aromatic carbocycles. The summed E-state index contributed by atoms with van der Waals surface area (Å²) in [6.45, 7) is 2.54. The SMILES string of the molecule is CCCCCCCCOC(=O)CC(=O)C=C(Cl)Cl. The molecule has 0 heterocycles. The molecule has 0 aliphatic heterocycles. The average molecular weight is 295 g/mol. The van der Waals surface area contributed by atoms with Gasteiger partial charge in [0.2, 0.25) is 0 Å². The number of carbonyl (C=O) groups is 2. The van der Waals surface area contributed by atoms with Gasteiger partial charge in [-0.2, -0.15) is 0 Å². The van der Waals surface area contributed by atoms with E-state index in [4.69, 9.17) is 27.9 Å². The monoisotopic (exact) mass is 294 g/mol. The number of rotatable bonds is 10. The Morgan fingerprint density at radius 1 is 1.06 bits per heavy atom. The molecule has 0 spiro atoms. The predicted octanol–water partition coefficient (Wildman–Crippen LogP) is 4.17. The van der Waals surface area contributed by atoms with Gasteiger partial charge in [0.1, 0.15) is 10.9 Å². The number of esters is 1. The number of ketones is 1. The lowest BCUT2D eigenvalue weighted by Gasteiger charge is -2.03.